The first kappa shape index (κ1) is 22.7. The van der Waals surface area contributed by atoms with E-state index in [1.165, 1.54) is 6.07 Å². The Balaban J connectivity index is 0.00000364. The summed E-state index contributed by atoms with van der Waals surface area (Å²) in [5.41, 5.74) is 1.12. The number of benzene rings is 2. The number of methoxy groups -OCH3 is 1. The lowest BCUT2D eigenvalue weighted by Crippen LogP contribution is -2.41. The highest BCUT2D eigenvalue weighted by molar-refractivity contribution is 14.0. The van der Waals surface area contributed by atoms with E-state index >= 15 is 0 Å². The molecule has 0 unspecified atom stereocenters. The molecular weight excluding hydrogens is 462 g/mol. The number of ether oxygens (including phenoxy) is 1. The minimum Gasteiger partial charge on any atom is -0.497 e. The lowest BCUT2D eigenvalue weighted by atomic mass is 10.2. The van der Waals surface area contributed by atoms with Gasteiger partial charge in [-0.2, -0.15) is 0 Å². The van der Waals surface area contributed by atoms with Crippen LogP contribution in [0.5, 0.6) is 5.75 Å². The highest BCUT2D eigenvalue weighted by Gasteiger charge is 2.05. The van der Waals surface area contributed by atoms with Crippen molar-refractivity contribution in [1.82, 2.24) is 16.0 Å². The molecule has 0 aliphatic carbocycles. The number of aliphatic imine (C=N–C) groups is 1. The summed E-state index contributed by atoms with van der Waals surface area (Å²) >= 11 is 0. The van der Waals surface area contributed by atoms with Gasteiger partial charge in [-0.1, -0.05) is 18.2 Å². The molecule has 0 saturated carbocycles. The first-order valence-corrected chi connectivity index (χ1v) is 8.24. The zero-order chi connectivity index (χ0) is 18.8. The molecule has 2 aromatic rings. The van der Waals surface area contributed by atoms with Gasteiger partial charge in [-0.25, -0.2) is 4.39 Å². The molecule has 0 aliphatic heterocycles. The molecule has 0 atom stereocenters. The summed E-state index contributed by atoms with van der Waals surface area (Å²) in [4.78, 5) is 16.1. The zero-order valence-corrected chi connectivity index (χ0v) is 17.6. The van der Waals surface area contributed by atoms with Crippen LogP contribution in [0.4, 0.5) is 4.39 Å². The smallest absolute Gasteiger partial charge is 0.251 e. The molecule has 0 fully saturated rings. The Labute approximate surface area is 175 Å². The number of nitrogens with one attached hydrogen (secondary N) is 3. The van der Waals surface area contributed by atoms with Crippen LogP contribution >= 0.6 is 24.0 Å². The summed E-state index contributed by atoms with van der Waals surface area (Å²) in [6, 6.07) is 13.4. The Bertz CT molecular complexity index is 754. The third kappa shape index (κ3) is 7.41. The maximum atomic E-state index is 13.6. The number of carbonyl (C=O) groups excluding carboxylic acids is 1. The molecule has 0 saturated heterocycles. The predicted molar refractivity (Wildman–Crippen MR) is 115 cm³/mol. The van der Waals surface area contributed by atoms with Crippen molar-refractivity contribution >= 4 is 35.8 Å². The molecule has 0 heterocycles. The van der Waals surface area contributed by atoms with Gasteiger partial charge in [-0.05, 0) is 30.3 Å². The van der Waals surface area contributed by atoms with E-state index < -0.39 is 0 Å². The van der Waals surface area contributed by atoms with Gasteiger partial charge in [0, 0.05) is 37.8 Å². The summed E-state index contributed by atoms with van der Waals surface area (Å²) in [6.45, 7) is 1.23. The van der Waals surface area contributed by atoms with E-state index in [0.717, 1.165) is 0 Å². The minimum atomic E-state index is -0.262. The molecular formula is C19H24FIN4O2. The molecule has 3 N–H and O–H groups in total. The maximum absolute atomic E-state index is 13.6. The molecule has 6 nitrogen and oxygen atoms in total. The first-order chi connectivity index (χ1) is 12.6. The van der Waals surface area contributed by atoms with Crippen LogP contribution in [0.1, 0.15) is 15.9 Å². The second kappa shape index (κ2) is 12.1. The predicted octanol–water partition coefficient (Wildman–Crippen LogP) is 2.55. The maximum Gasteiger partial charge on any atom is 0.251 e. The summed E-state index contributed by atoms with van der Waals surface area (Å²) < 4.78 is 18.7. The standard InChI is InChI=1S/C19H23FN4O2.HI/c1-21-19(24-13-15-5-3-4-6-17(15)20)23-12-11-22-18(25)14-7-9-16(26-2)10-8-14;/h3-10H,11-13H2,1-2H3,(H,22,25)(H2,21,23,24);1H. The van der Waals surface area contributed by atoms with Crippen LogP contribution < -0.4 is 20.7 Å². The monoisotopic (exact) mass is 486 g/mol. The Morgan fingerprint density at radius 2 is 1.70 bits per heavy atom. The molecule has 2 rings (SSSR count). The van der Waals surface area contributed by atoms with E-state index in [0.29, 0.717) is 42.5 Å². The minimum absolute atomic E-state index is 0. The normalized spacial score (nSPS) is 10.6. The summed E-state index contributed by atoms with van der Waals surface area (Å²) in [5.74, 6) is 0.811. The van der Waals surface area contributed by atoms with E-state index in [1.54, 1.807) is 56.6 Å². The Hall–Kier alpha value is -2.36. The molecule has 2 aromatic carbocycles. The van der Waals surface area contributed by atoms with Crippen LogP contribution in [-0.4, -0.2) is 39.1 Å². The third-order valence-corrected chi connectivity index (χ3v) is 3.68. The zero-order valence-electron chi connectivity index (χ0n) is 15.3. The number of rotatable bonds is 7. The van der Waals surface area contributed by atoms with Crippen molar-refractivity contribution in [3.8, 4) is 5.75 Å². The van der Waals surface area contributed by atoms with E-state index in [2.05, 4.69) is 20.9 Å². The third-order valence-electron chi connectivity index (χ3n) is 3.68. The number of guanidine groups is 1. The van der Waals surface area contributed by atoms with Crippen LogP contribution in [-0.2, 0) is 6.54 Å². The van der Waals surface area contributed by atoms with Crippen molar-refractivity contribution in [3.63, 3.8) is 0 Å². The lowest BCUT2D eigenvalue weighted by Gasteiger charge is -2.13. The molecule has 0 aromatic heterocycles. The van der Waals surface area contributed by atoms with Gasteiger partial charge in [0.2, 0.25) is 0 Å². The van der Waals surface area contributed by atoms with Crippen molar-refractivity contribution < 1.29 is 13.9 Å². The van der Waals surface area contributed by atoms with Crippen LogP contribution in [0, 0.1) is 5.82 Å². The molecule has 0 bridgehead atoms. The van der Waals surface area contributed by atoms with Crippen molar-refractivity contribution in [1.29, 1.82) is 0 Å². The van der Waals surface area contributed by atoms with Crippen LogP contribution in [0.15, 0.2) is 53.5 Å². The van der Waals surface area contributed by atoms with E-state index in [1.807, 2.05) is 0 Å². The number of nitrogens with zero attached hydrogens (tertiary/aromatic N) is 1. The van der Waals surface area contributed by atoms with Gasteiger partial charge in [0.05, 0.1) is 7.11 Å². The SMILES string of the molecule is CN=C(NCCNC(=O)c1ccc(OC)cc1)NCc1ccccc1F.I. The summed E-state index contributed by atoms with van der Waals surface area (Å²) in [5, 5.41) is 8.91. The van der Waals surface area contributed by atoms with Crippen LogP contribution in [0.2, 0.25) is 0 Å². The highest BCUT2D eigenvalue weighted by atomic mass is 127. The van der Waals surface area contributed by atoms with Crippen LogP contribution in [0.3, 0.4) is 0 Å². The van der Waals surface area contributed by atoms with Gasteiger partial charge in [0.1, 0.15) is 11.6 Å². The highest BCUT2D eigenvalue weighted by Crippen LogP contribution is 2.10. The lowest BCUT2D eigenvalue weighted by molar-refractivity contribution is 0.0954. The van der Waals surface area contributed by atoms with E-state index in [4.69, 9.17) is 4.74 Å². The van der Waals surface area contributed by atoms with Gasteiger partial charge in [0.15, 0.2) is 5.96 Å². The Morgan fingerprint density at radius 3 is 2.33 bits per heavy atom. The second-order valence-electron chi connectivity index (χ2n) is 5.43. The molecule has 1 amide bonds. The van der Waals surface area contributed by atoms with Crippen molar-refractivity contribution in [2.24, 2.45) is 4.99 Å². The number of hydrogen-bond acceptors (Lipinski definition) is 3. The van der Waals surface area contributed by atoms with Gasteiger partial charge < -0.3 is 20.7 Å². The Morgan fingerprint density at radius 1 is 1.04 bits per heavy atom. The summed E-state index contributed by atoms with van der Waals surface area (Å²) in [6.07, 6.45) is 0. The number of halogens is 2. The van der Waals surface area contributed by atoms with E-state index in [9.17, 15) is 9.18 Å². The molecule has 27 heavy (non-hydrogen) atoms. The van der Waals surface area contributed by atoms with Crippen molar-refractivity contribution in [2.75, 3.05) is 27.2 Å². The van der Waals surface area contributed by atoms with Crippen molar-refractivity contribution in [3.05, 3.63) is 65.5 Å². The fraction of sp³-hybridized carbons (Fsp3) is 0.263. The van der Waals surface area contributed by atoms with E-state index in [-0.39, 0.29) is 35.7 Å². The van der Waals surface area contributed by atoms with Gasteiger partial charge in [-0.15, -0.1) is 24.0 Å². The number of amides is 1. The average Bonchev–Trinajstić information content (AvgIpc) is 2.68. The quantitative estimate of drug-likeness (QED) is 0.244. The van der Waals surface area contributed by atoms with Gasteiger partial charge >= 0.3 is 0 Å². The molecule has 0 aliphatic rings. The fourth-order valence-electron chi connectivity index (χ4n) is 2.24. The topological polar surface area (TPSA) is 74.8 Å². The Kier molecular flexibility index (Phi) is 10.2. The number of hydrogen-bond donors (Lipinski definition) is 3. The first-order valence-electron chi connectivity index (χ1n) is 8.24. The largest absolute Gasteiger partial charge is 0.497 e. The van der Waals surface area contributed by atoms with Crippen molar-refractivity contribution in [2.45, 2.75) is 6.54 Å². The summed E-state index contributed by atoms with van der Waals surface area (Å²) in [7, 11) is 3.21. The molecule has 0 radical (unpaired) electrons. The second-order valence-corrected chi connectivity index (χ2v) is 5.43. The fourth-order valence-corrected chi connectivity index (χ4v) is 2.24. The molecule has 8 heteroatoms. The molecule has 0 spiro atoms. The van der Waals surface area contributed by atoms with Crippen LogP contribution in [0.25, 0.3) is 0 Å². The molecule has 146 valence electrons. The van der Waals surface area contributed by atoms with Gasteiger partial charge in [-0.3, -0.25) is 9.79 Å². The number of carbonyl (C=O) groups is 1. The van der Waals surface area contributed by atoms with Gasteiger partial charge in [0.25, 0.3) is 5.91 Å². The average molecular weight is 486 g/mol.